The predicted octanol–water partition coefficient (Wildman–Crippen LogP) is 4.60. The molecule has 0 aromatic heterocycles. The molecule has 0 aliphatic carbocycles. The average Bonchev–Trinajstić information content (AvgIpc) is 2.50. The molecule has 21 heavy (non-hydrogen) atoms. The smallest absolute Gasteiger partial charge is 0.159 e. The van der Waals surface area contributed by atoms with Gasteiger partial charge in [0.25, 0.3) is 0 Å². The molecule has 1 N–H and O–H groups in total. The van der Waals surface area contributed by atoms with Crippen LogP contribution in [0.3, 0.4) is 0 Å². The van der Waals surface area contributed by atoms with Crippen LogP contribution in [-0.2, 0) is 5.75 Å². The van der Waals surface area contributed by atoms with Crippen molar-refractivity contribution in [1.82, 2.24) is 5.32 Å². The molecule has 0 spiro atoms. The van der Waals surface area contributed by atoms with Crippen molar-refractivity contribution in [1.29, 1.82) is 0 Å². The maximum Gasteiger partial charge on any atom is 0.159 e. The van der Waals surface area contributed by atoms with Crippen LogP contribution in [0.2, 0.25) is 0 Å². The minimum absolute atomic E-state index is 0.0307. The lowest BCUT2D eigenvalue weighted by molar-refractivity contribution is 0.480. The maximum atomic E-state index is 13.4. The molecule has 1 aliphatic heterocycles. The summed E-state index contributed by atoms with van der Waals surface area (Å²) in [6, 6.07) is 12.7. The van der Waals surface area contributed by atoms with Gasteiger partial charge in [-0.25, -0.2) is 8.78 Å². The van der Waals surface area contributed by atoms with E-state index in [1.165, 1.54) is 23.3 Å². The van der Waals surface area contributed by atoms with Crippen molar-refractivity contribution in [2.75, 3.05) is 5.75 Å². The fourth-order valence-electron chi connectivity index (χ4n) is 2.70. The topological polar surface area (TPSA) is 12.0 Å². The highest BCUT2D eigenvalue weighted by molar-refractivity contribution is 7.98. The Balaban J connectivity index is 1.79. The fourth-order valence-corrected chi connectivity index (χ4v) is 3.81. The van der Waals surface area contributed by atoms with Gasteiger partial charge in [-0.05, 0) is 35.7 Å². The highest BCUT2D eigenvalue weighted by Gasteiger charge is 2.22. The summed E-state index contributed by atoms with van der Waals surface area (Å²) in [5.41, 5.74) is 3.43. The molecule has 0 fully saturated rings. The monoisotopic (exact) mass is 305 g/mol. The Morgan fingerprint density at radius 2 is 1.95 bits per heavy atom. The highest BCUT2D eigenvalue weighted by Crippen LogP contribution is 2.33. The zero-order chi connectivity index (χ0) is 14.8. The van der Waals surface area contributed by atoms with Gasteiger partial charge in [-0.1, -0.05) is 30.3 Å². The Hall–Kier alpha value is -1.39. The van der Waals surface area contributed by atoms with Gasteiger partial charge in [-0.3, -0.25) is 0 Å². The first kappa shape index (κ1) is 14.5. The molecule has 1 aliphatic rings. The van der Waals surface area contributed by atoms with Crippen molar-refractivity contribution in [2.24, 2.45) is 0 Å². The Labute approximate surface area is 127 Å². The van der Waals surface area contributed by atoms with Crippen LogP contribution in [0, 0.1) is 11.6 Å². The molecular weight excluding hydrogens is 288 g/mol. The van der Waals surface area contributed by atoms with Crippen LogP contribution < -0.4 is 5.32 Å². The van der Waals surface area contributed by atoms with Crippen LogP contribution in [0.25, 0.3) is 0 Å². The summed E-state index contributed by atoms with van der Waals surface area (Å²) in [6.45, 7) is 1.98. The molecule has 1 heterocycles. The summed E-state index contributed by atoms with van der Waals surface area (Å²) in [7, 11) is 0. The van der Waals surface area contributed by atoms with Crippen molar-refractivity contribution in [2.45, 2.75) is 24.8 Å². The lowest BCUT2D eigenvalue weighted by Gasteiger charge is -2.29. The number of hydrogen-bond acceptors (Lipinski definition) is 2. The number of thioether (sulfide) groups is 1. The van der Waals surface area contributed by atoms with Gasteiger partial charge in [0, 0.05) is 23.6 Å². The number of hydrogen-bond donors (Lipinski definition) is 1. The lowest BCUT2D eigenvalue weighted by Crippen LogP contribution is -2.29. The van der Waals surface area contributed by atoms with E-state index >= 15 is 0 Å². The van der Waals surface area contributed by atoms with Crippen molar-refractivity contribution < 1.29 is 8.78 Å². The predicted molar refractivity (Wildman–Crippen MR) is 83.3 cm³/mol. The van der Waals surface area contributed by atoms with E-state index < -0.39 is 11.6 Å². The van der Waals surface area contributed by atoms with E-state index in [-0.39, 0.29) is 12.1 Å². The van der Waals surface area contributed by atoms with Gasteiger partial charge >= 0.3 is 0 Å². The van der Waals surface area contributed by atoms with Crippen LogP contribution >= 0.6 is 11.8 Å². The first-order valence-electron chi connectivity index (χ1n) is 7.01. The molecular formula is C17H17F2NS. The average molecular weight is 305 g/mol. The zero-order valence-corrected chi connectivity index (χ0v) is 12.6. The summed E-state index contributed by atoms with van der Waals surface area (Å²) in [4.78, 5) is 0. The second kappa shape index (κ2) is 6.16. The largest absolute Gasteiger partial charge is 0.303 e. The molecule has 2 aromatic carbocycles. The molecule has 0 saturated heterocycles. The number of halogens is 2. The van der Waals surface area contributed by atoms with Gasteiger partial charge < -0.3 is 5.32 Å². The second-order valence-electron chi connectivity index (χ2n) is 5.33. The summed E-state index contributed by atoms with van der Waals surface area (Å²) in [5.74, 6) is 0.433. The normalized spacial score (nSPS) is 19.1. The Kier molecular flexibility index (Phi) is 4.27. The van der Waals surface area contributed by atoms with Crippen LogP contribution in [0.15, 0.2) is 42.5 Å². The van der Waals surface area contributed by atoms with E-state index in [2.05, 4.69) is 23.5 Å². The van der Waals surface area contributed by atoms with Crippen LogP contribution in [0.5, 0.6) is 0 Å². The maximum absolute atomic E-state index is 13.4. The van der Waals surface area contributed by atoms with E-state index in [1.807, 2.05) is 24.8 Å². The molecule has 0 saturated carbocycles. The van der Waals surface area contributed by atoms with Gasteiger partial charge in [0.1, 0.15) is 0 Å². The van der Waals surface area contributed by atoms with E-state index in [1.54, 1.807) is 6.07 Å². The minimum Gasteiger partial charge on any atom is -0.303 e. The standard InChI is InChI=1S/C17H17F2NS/c1-11(12-6-7-15(18)16(19)8-12)20-17-10-21-9-13-4-2-3-5-14(13)17/h2-8,11,17,20H,9-10H2,1H3. The Bertz CT molecular complexity index is 644. The van der Waals surface area contributed by atoms with Gasteiger partial charge in [0.15, 0.2) is 11.6 Å². The number of fused-ring (bicyclic) bond motifs is 1. The van der Waals surface area contributed by atoms with E-state index in [4.69, 9.17) is 0 Å². The third-order valence-electron chi connectivity index (χ3n) is 3.87. The first-order valence-corrected chi connectivity index (χ1v) is 8.17. The molecule has 1 nitrogen and oxygen atoms in total. The quantitative estimate of drug-likeness (QED) is 0.889. The second-order valence-corrected chi connectivity index (χ2v) is 6.36. The molecule has 2 aromatic rings. The van der Waals surface area contributed by atoms with Crippen LogP contribution in [-0.4, -0.2) is 5.75 Å². The van der Waals surface area contributed by atoms with Gasteiger partial charge in [0.2, 0.25) is 0 Å². The Morgan fingerprint density at radius 3 is 2.76 bits per heavy atom. The van der Waals surface area contributed by atoms with Gasteiger partial charge in [-0.15, -0.1) is 0 Å². The van der Waals surface area contributed by atoms with E-state index in [0.29, 0.717) is 0 Å². The van der Waals surface area contributed by atoms with Crippen molar-refractivity contribution in [3.8, 4) is 0 Å². The Morgan fingerprint density at radius 1 is 1.14 bits per heavy atom. The fraction of sp³-hybridized carbons (Fsp3) is 0.294. The SMILES string of the molecule is CC(NC1CSCc2ccccc21)c1ccc(F)c(F)c1. The van der Waals surface area contributed by atoms with Crippen molar-refractivity contribution >= 4 is 11.8 Å². The molecule has 0 amide bonds. The zero-order valence-electron chi connectivity index (χ0n) is 11.8. The highest BCUT2D eigenvalue weighted by atomic mass is 32.2. The summed E-state index contributed by atoms with van der Waals surface area (Å²) in [5, 5.41) is 3.53. The van der Waals surface area contributed by atoms with Gasteiger partial charge in [-0.2, -0.15) is 11.8 Å². The third-order valence-corrected chi connectivity index (χ3v) is 4.95. The van der Waals surface area contributed by atoms with E-state index in [9.17, 15) is 8.78 Å². The van der Waals surface area contributed by atoms with Crippen LogP contribution in [0.1, 0.15) is 35.7 Å². The molecule has 3 rings (SSSR count). The lowest BCUT2D eigenvalue weighted by atomic mass is 10.00. The molecule has 4 heteroatoms. The van der Waals surface area contributed by atoms with Crippen molar-refractivity contribution in [3.63, 3.8) is 0 Å². The van der Waals surface area contributed by atoms with Gasteiger partial charge in [0.05, 0.1) is 0 Å². The van der Waals surface area contributed by atoms with E-state index in [0.717, 1.165) is 17.1 Å². The first-order chi connectivity index (χ1) is 10.1. The summed E-state index contributed by atoms with van der Waals surface area (Å²) >= 11 is 1.89. The van der Waals surface area contributed by atoms with Crippen molar-refractivity contribution in [3.05, 3.63) is 70.8 Å². The number of benzene rings is 2. The third kappa shape index (κ3) is 3.11. The molecule has 110 valence electrons. The number of nitrogens with one attached hydrogen (secondary N) is 1. The van der Waals surface area contributed by atoms with Crippen LogP contribution in [0.4, 0.5) is 8.78 Å². The summed E-state index contributed by atoms with van der Waals surface area (Å²) in [6.07, 6.45) is 0. The number of rotatable bonds is 3. The summed E-state index contributed by atoms with van der Waals surface area (Å²) < 4.78 is 26.4. The molecule has 2 atom stereocenters. The molecule has 0 radical (unpaired) electrons. The molecule has 2 unspecified atom stereocenters. The minimum atomic E-state index is -0.801. The molecule has 0 bridgehead atoms.